The summed E-state index contributed by atoms with van der Waals surface area (Å²) >= 11 is 0. The molecule has 1 heterocycles. The highest BCUT2D eigenvalue weighted by atomic mass is 19.1. The normalized spacial score (nSPS) is 22.1. The number of hydrogen-bond acceptors (Lipinski definition) is 3. The molecule has 0 aliphatic carbocycles. The minimum absolute atomic E-state index is 0.151. The molecule has 0 bridgehead atoms. The lowest BCUT2D eigenvalue weighted by molar-refractivity contribution is -0.126. The first-order valence-corrected chi connectivity index (χ1v) is 12.2. The molecule has 3 atom stereocenters. The molecule has 3 aromatic carbocycles. The largest absolute Gasteiger partial charge is 0.490 e. The van der Waals surface area contributed by atoms with Gasteiger partial charge in [-0.15, -0.1) is 0 Å². The van der Waals surface area contributed by atoms with Crippen molar-refractivity contribution in [2.75, 3.05) is 7.05 Å². The Balaban J connectivity index is 1.73. The highest BCUT2D eigenvalue weighted by Gasteiger charge is 2.31. The molecule has 1 aliphatic heterocycles. The molecule has 0 saturated carbocycles. The van der Waals surface area contributed by atoms with Crippen LogP contribution in [0.4, 0.5) is 4.39 Å². The van der Waals surface area contributed by atoms with Crippen molar-refractivity contribution in [2.45, 2.75) is 44.4 Å². The van der Waals surface area contributed by atoms with Gasteiger partial charge in [0.15, 0.2) is 0 Å². The van der Waals surface area contributed by atoms with Gasteiger partial charge in [-0.1, -0.05) is 66.7 Å². The number of rotatable bonds is 3. The van der Waals surface area contributed by atoms with Crippen molar-refractivity contribution in [3.8, 4) is 5.75 Å². The number of ether oxygens (including phenoxy) is 1. The number of likely N-dealkylation sites (N-methyl/N-ethyl adjacent to an activating group) is 1. The Labute approximate surface area is 211 Å². The van der Waals surface area contributed by atoms with Crippen LogP contribution in [0.1, 0.15) is 47.3 Å². The number of hydrogen-bond donors (Lipinski definition) is 1. The summed E-state index contributed by atoms with van der Waals surface area (Å²) < 4.78 is 19.7. The Morgan fingerprint density at radius 1 is 0.917 bits per heavy atom. The molecule has 6 heteroatoms. The van der Waals surface area contributed by atoms with Crippen LogP contribution < -0.4 is 10.1 Å². The third-order valence-electron chi connectivity index (χ3n) is 6.40. The van der Waals surface area contributed by atoms with Crippen LogP contribution in [0, 0.1) is 5.82 Å². The van der Waals surface area contributed by atoms with Gasteiger partial charge in [0.1, 0.15) is 17.6 Å². The smallest absolute Gasteiger partial charge is 0.258 e. The second kappa shape index (κ2) is 11.7. The molecule has 2 amide bonds. The van der Waals surface area contributed by atoms with Gasteiger partial charge in [-0.2, -0.15) is 0 Å². The van der Waals surface area contributed by atoms with Crippen molar-refractivity contribution in [2.24, 2.45) is 0 Å². The molecule has 0 unspecified atom stereocenters. The summed E-state index contributed by atoms with van der Waals surface area (Å²) in [4.78, 5) is 28.9. The fourth-order valence-electron chi connectivity index (χ4n) is 4.35. The summed E-state index contributed by atoms with van der Waals surface area (Å²) in [6.07, 6.45) is 5.38. The second-order valence-corrected chi connectivity index (χ2v) is 9.10. The Hall–Kier alpha value is -3.93. The van der Waals surface area contributed by atoms with E-state index in [-0.39, 0.29) is 29.8 Å². The van der Waals surface area contributed by atoms with E-state index in [9.17, 15) is 14.0 Å². The van der Waals surface area contributed by atoms with Gasteiger partial charge in [0.2, 0.25) is 5.91 Å². The van der Waals surface area contributed by atoms with Crippen LogP contribution >= 0.6 is 0 Å². The van der Waals surface area contributed by atoms with Crippen molar-refractivity contribution in [3.05, 3.63) is 114 Å². The number of fused-ring (bicyclic) bond motifs is 1. The highest BCUT2D eigenvalue weighted by molar-refractivity contribution is 5.99. The zero-order valence-electron chi connectivity index (χ0n) is 20.6. The summed E-state index contributed by atoms with van der Waals surface area (Å²) in [7, 11) is 1.65. The maximum atomic E-state index is 13.7. The topological polar surface area (TPSA) is 58.6 Å². The molecule has 36 heavy (non-hydrogen) atoms. The number of halogens is 1. The molecule has 0 fully saturated rings. The van der Waals surface area contributed by atoms with E-state index in [2.05, 4.69) is 5.32 Å². The van der Waals surface area contributed by atoms with E-state index >= 15 is 0 Å². The second-order valence-electron chi connectivity index (χ2n) is 9.10. The Morgan fingerprint density at radius 3 is 2.33 bits per heavy atom. The van der Waals surface area contributed by atoms with Crippen LogP contribution in [-0.2, 0) is 11.2 Å². The standard InChI is InChI=1S/C30H31FN2O3/c1-21-10-6-8-14-26(23-16-18-24(31)19-17-23)32-29(34)27(20-22-11-4-3-5-12-22)33(2)30(35)25-13-7-9-15-28(25)36-21/h3-9,11-13,15-19,21,26-27H,10,14,20H2,1-2H3,(H,32,34)/b8-6-/t21-,26+,27+/m0/s1. The molecule has 0 radical (unpaired) electrons. The fraction of sp³-hybridized carbons (Fsp3) is 0.267. The van der Waals surface area contributed by atoms with Crippen LogP contribution in [0.3, 0.4) is 0 Å². The minimum Gasteiger partial charge on any atom is -0.490 e. The minimum atomic E-state index is -0.764. The molecule has 1 aliphatic rings. The molecule has 186 valence electrons. The van der Waals surface area contributed by atoms with Crippen LogP contribution in [0.2, 0.25) is 0 Å². The maximum Gasteiger partial charge on any atom is 0.258 e. The lowest BCUT2D eigenvalue weighted by atomic mass is 9.99. The van der Waals surface area contributed by atoms with Gasteiger partial charge < -0.3 is 15.0 Å². The molecule has 0 aromatic heterocycles. The summed E-state index contributed by atoms with van der Waals surface area (Å²) in [5.41, 5.74) is 2.15. The maximum absolute atomic E-state index is 13.7. The van der Waals surface area contributed by atoms with Crippen molar-refractivity contribution < 1.29 is 18.7 Å². The summed E-state index contributed by atoms with van der Waals surface area (Å²) in [5, 5.41) is 3.13. The average molecular weight is 487 g/mol. The third kappa shape index (κ3) is 6.19. The molecule has 5 nitrogen and oxygen atoms in total. The number of amides is 2. The molecule has 1 N–H and O–H groups in total. The number of carbonyl (C=O) groups excluding carboxylic acids is 2. The summed E-state index contributed by atoms with van der Waals surface area (Å²) in [6, 6.07) is 21.8. The fourth-order valence-corrected chi connectivity index (χ4v) is 4.35. The van der Waals surface area contributed by atoms with Gasteiger partial charge in [-0.25, -0.2) is 4.39 Å². The van der Waals surface area contributed by atoms with E-state index < -0.39 is 6.04 Å². The first-order chi connectivity index (χ1) is 17.4. The van der Waals surface area contributed by atoms with Gasteiger partial charge in [0.25, 0.3) is 5.91 Å². The first-order valence-electron chi connectivity index (χ1n) is 12.2. The molecular weight excluding hydrogens is 455 g/mol. The van der Waals surface area contributed by atoms with E-state index in [0.29, 0.717) is 30.6 Å². The van der Waals surface area contributed by atoms with E-state index in [0.717, 1.165) is 11.1 Å². The number of benzene rings is 3. The molecule has 0 saturated heterocycles. The zero-order chi connectivity index (χ0) is 25.5. The molecule has 3 aromatic rings. The first kappa shape index (κ1) is 25.2. The number of nitrogens with one attached hydrogen (secondary N) is 1. The van der Waals surface area contributed by atoms with E-state index in [1.807, 2.05) is 55.5 Å². The predicted octanol–water partition coefficient (Wildman–Crippen LogP) is 5.48. The van der Waals surface area contributed by atoms with Crippen LogP contribution in [0.25, 0.3) is 0 Å². The Morgan fingerprint density at radius 2 is 1.58 bits per heavy atom. The summed E-state index contributed by atoms with van der Waals surface area (Å²) in [6.45, 7) is 1.96. The lowest BCUT2D eigenvalue weighted by Crippen LogP contribution is -2.49. The number of carbonyl (C=O) groups is 2. The van der Waals surface area contributed by atoms with Gasteiger partial charge in [-0.05, 0) is 48.7 Å². The van der Waals surface area contributed by atoms with E-state index in [1.54, 1.807) is 37.4 Å². The van der Waals surface area contributed by atoms with Gasteiger partial charge in [0, 0.05) is 19.9 Å². The number of nitrogens with zero attached hydrogens (tertiary/aromatic N) is 1. The zero-order valence-corrected chi connectivity index (χ0v) is 20.6. The monoisotopic (exact) mass is 486 g/mol. The van der Waals surface area contributed by atoms with Gasteiger partial charge >= 0.3 is 0 Å². The number of para-hydroxylation sites is 1. The molecule has 0 spiro atoms. The van der Waals surface area contributed by atoms with Crippen molar-refractivity contribution in [3.63, 3.8) is 0 Å². The van der Waals surface area contributed by atoms with Gasteiger partial charge in [-0.3, -0.25) is 9.59 Å². The highest BCUT2D eigenvalue weighted by Crippen LogP contribution is 2.25. The van der Waals surface area contributed by atoms with Crippen LogP contribution in [-0.4, -0.2) is 35.9 Å². The Bertz CT molecular complexity index is 1210. The van der Waals surface area contributed by atoms with Crippen molar-refractivity contribution in [1.82, 2.24) is 10.2 Å². The molecule has 4 rings (SSSR count). The van der Waals surface area contributed by atoms with Crippen LogP contribution in [0.5, 0.6) is 5.75 Å². The van der Waals surface area contributed by atoms with E-state index in [4.69, 9.17) is 4.74 Å². The van der Waals surface area contributed by atoms with Gasteiger partial charge in [0.05, 0.1) is 17.7 Å². The predicted molar refractivity (Wildman–Crippen MR) is 138 cm³/mol. The van der Waals surface area contributed by atoms with Crippen LogP contribution in [0.15, 0.2) is 91.0 Å². The van der Waals surface area contributed by atoms with E-state index in [1.165, 1.54) is 17.0 Å². The molecular formula is C30H31FN2O3. The quantitative estimate of drug-likeness (QED) is 0.499. The average Bonchev–Trinajstić information content (AvgIpc) is 2.89. The van der Waals surface area contributed by atoms with Crippen molar-refractivity contribution in [1.29, 1.82) is 0 Å². The summed E-state index contributed by atoms with van der Waals surface area (Å²) in [5.74, 6) is -0.408. The third-order valence-corrected chi connectivity index (χ3v) is 6.40. The lowest BCUT2D eigenvalue weighted by Gasteiger charge is -2.30. The van der Waals surface area contributed by atoms with Crippen molar-refractivity contribution >= 4 is 11.8 Å². The Kier molecular flexibility index (Phi) is 8.16. The SMILES string of the molecule is C[C@H]1C/C=C\C[C@H](c2ccc(F)cc2)NC(=O)[C@@H](Cc2ccccc2)N(C)C(=O)c2ccccc2O1.